The van der Waals surface area contributed by atoms with E-state index in [0.717, 1.165) is 4.90 Å². The summed E-state index contributed by atoms with van der Waals surface area (Å²) in [6, 6.07) is 2.99. The number of hydrogen-bond donors (Lipinski definition) is 2. The van der Waals surface area contributed by atoms with E-state index in [1.807, 2.05) is 45.2 Å². The molecule has 126 valence electrons. The second-order valence-electron chi connectivity index (χ2n) is 4.69. The Labute approximate surface area is 165 Å². The number of nitrogens with one attached hydrogen (secondary N) is 1. The van der Waals surface area contributed by atoms with E-state index in [-0.39, 0.29) is 12.2 Å². The van der Waals surface area contributed by atoms with Crippen molar-refractivity contribution in [2.24, 2.45) is 0 Å². The van der Waals surface area contributed by atoms with Gasteiger partial charge in [-0.25, -0.2) is 9.59 Å². The van der Waals surface area contributed by atoms with Crippen LogP contribution in [0.25, 0.3) is 6.08 Å². The summed E-state index contributed by atoms with van der Waals surface area (Å²) >= 11 is 4.05. The fourth-order valence-corrected chi connectivity index (χ4v) is 4.10. The molecule has 1 aromatic carbocycles. The first kappa shape index (κ1) is 18.7. The van der Waals surface area contributed by atoms with Crippen molar-refractivity contribution in [2.45, 2.75) is 0 Å². The number of urea groups is 1. The lowest BCUT2D eigenvalue weighted by Crippen LogP contribution is -2.30. The molecule has 1 heterocycles. The van der Waals surface area contributed by atoms with E-state index >= 15 is 0 Å². The number of hydrogen-bond acceptors (Lipinski definition) is 4. The molecule has 0 atom stereocenters. The van der Waals surface area contributed by atoms with Crippen LogP contribution in [0, 0.1) is 7.14 Å². The molecule has 1 aliphatic rings. The van der Waals surface area contributed by atoms with E-state index in [1.165, 1.54) is 6.08 Å². The molecule has 24 heavy (non-hydrogen) atoms. The topological polar surface area (TPSA) is 95.9 Å². The minimum atomic E-state index is -1.06. The van der Waals surface area contributed by atoms with Crippen molar-refractivity contribution in [1.82, 2.24) is 10.2 Å². The number of carbonyl (C=O) groups is 3. The number of aliphatic carboxylic acids is 1. The molecule has 1 aliphatic heterocycles. The number of amides is 3. The first-order chi connectivity index (χ1) is 11.3. The van der Waals surface area contributed by atoms with Gasteiger partial charge in [-0.2, -0.15) is 0 Å². The van der Waals surface area contributed by atoms with Gasteiger partial charge in [-0.15, -0.1) is 6.58 Å². The Balaban J connectivity index is 2.27. The number of imide groups is 1. The minimum absolute atomic E-state index is 0.138. The molecule has 7 nitrogen and oxygen atoms in total. The predicted octanol–water partition coefficient (Wildman–Crippen LogP) is 2.44. The molecule has 0 saturated carbocycles. The van der Waals surface area contributed by atoms with Gasteiger partial charge in [0, 0.05) is 6.54 Å². The van der Waals surface area contributed by atoms with E-state index in [9.17, 15) is 14.4 Å². The molecule has 1 fully saturated rings. The molecule has 1 saturated heterocycles. The zero-order valence-corrected chi connectivity index (χ0v) is 16.5. The van der Waals surface area contributed by atoms with Crippen molar-refractivity contribution < 1.29 is 24.2 Å². The average Bonchev–Trinajstić information content (AvgIpc) is 2.74. The number of ether oxygens (including phenoxy) is 1. The fourth-order valence-electron chi connectivity index (χ4n) is 1.97. The van der Waals surface area contributed by atoms with Gasteiger partial charge in [-0.1, -0.05) is 6.08 Å². The van der Waals surface area contributed by atoms with Gasteiger partial charge in [0.2, 0.25) is 0 Å². The molecule has 0 bridgehead atoms. The summed E-state index contributed by atoms with van der Waals surface area (Å²) < 4.78 is 6.65. The maximum absolute atomic E-state index is 12.2. The van der Waals surface area contributed by atoms with Crippen LogP contribution in [-0.2, 0) is 9.59 Å². The molecular weight excluding hydrogens is 542 g/mol. The summed E-state index contributed by atoms with van der Waals surface area (Å²) in [5.74, 6) is -1.01. The Morgan fingerprint density at radius 3 is 2.50 bits per heavy atom. The van der Waals surface area contributed by atoms with Gasteiger partial charge in [0.15, 0.2) is 6.61 Å². The first-order valence-corrected chi connectivity index (χ1v) is 8.78. The van der Waals surface area contributed by atoms with Gasteiger partial charge in [-0.3, -0.25) is 9.69 Å². The summed E-state index contributed by atoms with van der Waals surface area (Å²) in [4.78, 5) is 35.6. The summed E-state index contributed by atoms with van der Waals surface area (Å²) in [5, 5.41) is 11.2. The predicted molar refractivity (Wildman–Crippen MR) is 103 cm³/mol. The van der Waals surface area contributed by atoms with Gasteiger partial charge in [0.1, 0.15) is 11.4 Å². The van der Waals surface area contributed by atoms with E-state index in [4.69, 9.17) is 9.84 Å². The van der Waals surface area contributed by atoms with Crippen molar-refractivity contribution in [3.8, 4) is 5.75 Å². The standard InChI is InChI=1S/C15H12I2N2O5/c1-2-3-19-14(22)11(18-15(19)23)6-8-4-9(16)13(10(17)5-8)24-7-12(20)21/h2,4-6H,1,3,7H2,(H,18,23)(H,20,21)/b11-6+. The summed E-state index contributed by atoms with van der Waals surface area (Å²) in [6.45, 7) is 3.22. The summed E-state index contributed by atoms with van der Waals surface area (Å²) in [5.41, 5.74) is 0.864. The highest BCUT2D eigenvalue weighted by Gasteiger charge is 2.32. The Kier molecular flexibility index (Phi) is 6.21. The van der Waals surface area contributed by atoms with Gasteiger partial charge >= 0.3 is 12.0 Å². The van der Waals surface area contributed by atoms with Crippen molar-refractivity contribution in [3.05, 3.63) is 43.2 Å². The molecule has 9 heteroatoms. The van der Waals surface area contributed by atoms with Crippen LogP contribution in [0.1, 0.15) is 5.56 Å². The molecule has 0 aliphatic carbocycles. The lowest BCUT2D eigenvalue weighted by Gasteiger charge is -2.10. The Morgan fingerprint density at radius 1 is 1.33 bits per heavy atom. The van der Waals surface area contributed by atoms with Crippen molar-refractivity contribution in [1.29, 1.82) is 0 Å². The zero-order valence-electron chi connectivity index (χ0n) is 12.2. The smallest absolute Gasteiger partial charge is 0.341 e. The molecule has 0 spiro atoms. The SMILES string of the molecule is C=CCN1C(=O)N/C(=C/c2cc(I)c(OCC(=O)O)c(I)c2)C1=O. The van der Waals surface area contributed by atoms with Crippen LogP contribution in [0.5, 0.6) is 5.75 Å². The van der Waals surface area contributed by atoms with Crippen LogP contribution in [0.4, 0.5) is 4.79 Å². The monoisotopic (exact) mass is 554 g/mol. The number of carboxylic acids is 1. The molecule has 1 aromatic rings. The highest BCUT2D eigenvalue weighted by Crippen LogP contribution is 2.30. The number of nitrogens with zero attached hydrogens (tertiary/aromatic N) is 1. The van der Waals surface area contributed by atoms with Crippen LogP contribution < -0.4 is 10.1 Å². The van der Waals surface area contributed by atoms with Crippen LogP contribution in [0.15, 0.2) is 30.5 Å². The average molecular weight is 554 g/mol. The second kappa shape index (κ2) is 7.96. The maximum Gasteiger partial charge on any atom is 0.341 e. The largest absolute Gasteiger partial charge is 0.480 e. The quantitative estimate of drug-likeness (QED) is 0.244. The van der Waals surface area contributed by atoms with E-state index in [1.54, 1.807) is 18.2 Å². The number of rotatable bonds is 6. The van der Waals surface area contributed by atoms with Gasteiger partial charge in [-0.05, 0) is 69.0 Å². The first-order valence-electron chi connectivity index (χ1n) is 6.62. The van der Waals surface area contributed by atoms with E-state index in [0.29, 0.717) is 18.5 Å². The fraction of sp³-hybridized carbons (Fsp3) is 0.133. The van der Waals surface area contributed by atoms with E-state index in [2.05, 4.69) is 11.9 Å². The Bertz CT molecular complexity index is 737. The second-order valence-corrected chi connectivity index (χ2v) is 7.01. The van der Waals surface area contributed by atoms with Crippen LogP contribution in [-0.4, -0.2) is 41.1 Å². The molecular formula is C15H12I2N2O5. The van der Waals surface area contributed by atoms with Crippen molar-refractivity contribution >= 4 is 69.2 Å². The molecule has 3 amide bonds. The molecule has 0 aromatic heterocycles. The highest BCUT2D eigenvalue weighted by atomic mass is 127. The van der Waals surface area contributed by atoms with Gasteiger partial charge < -0.3 is 15.2 Å². The number of benzene rings is 1. The normalized spacial score (nSPS) is 15.6. The third-order valence-corrected chi connectivity index (χ3v) is 4.55. The van der Waals surface area contributed by atoms with E-state index < -0.39 is 24.5 Å². The highest BCUT2D eigenvalue weighted by molar-refractivity contribution is 14.1. The number of carbonyl (C=O) groups excluding carboxylic acids is 2. The van der Waals surface area contributed by atoms with Gasteiger partial charge in [0.05, 0.1) is 7.14 Å². The Hall–Kier alpha value is -1.63. The van der Waals surface area contributed by atoms with Gasteiger partial charge in [0.25, 0.3) is 5.91 Å². The lowest BCUT2D eigenvalue weighted by atomic mass is 10.2. The maximum atomic E-state index is 12.2. The van der Waals surface area contributed by atoms with Crippen LogP contribution in [0.2, 0.25) is 0 Å². The number of halogens is 2. The third-order valence-electron chi connectivity index (χ3n) is 2.95. The summed E-state index contributed by atoms with van der Waals surface area (Å²) in [7, 11) is 0. The lowest BCUT2D eigenvalue weighted by molar-refractivity contribution is -0.139. The van der Waals surface area contributed by atoms with Crippen LogP contribution >= 0.6 is 45.2 Å². The minimum Gasteiger partial charge on any atom is -0.480 e. The molecule has 0 radical (unpaired) electrons. The molecule has 0 unspecified atom stereocenters. The third kappa shape index (κ3) is 4.26. The number of carboxylic acid groups (broad SMARTS) is 1. The van der Waals surface area contributed by atoms with Crippen molar-refractivity contribution in [3.63, 3.8) is 0 Å². The Morgan fingerprint density at radius 2 is 1.96 bits per heavy atom. The summed E-state index contributed by atoms with van der Waals surface area (Å²) in [6.07, 6.45) is 3.04. The molecule has 2 rings (SSSR count). The molecule has 2 N–H and O–H groups in total. The van der Waals surface area contributed by atoms with Crippen LogP contribution in [0.3, 0.4) is 0 Å². The zero-order chi connectivity index (χ0) is 17.9. The van der Waals surface area contributed by atoms with Crippen molar-refractivity contribution in [2.75, 3.05) is 13.2 Å².